The van der Waals surface area contributed by atoms with Crippen LogP contribution in [0.4, 0.5) is 0 Å². The van der Waals surface area contributed by atoms with Crippen molar-refractivity contribution in [2.45, 2.75) is 45.6 Å². The van der Waals surface area contributed by atoms with E-state index in [2.05, 4.69) is 16.9 Å². The van der Waals surface area contributed by atoms with Crippen molar-refractivity contribution in [3.05, 3.63) is 26.6 Å². The van der Waals surface area contributed by atoms with Crippen molar-refractivity contribution >= 4 is 27.5 Å². The van der Waals surface area contributed by atoms with Crippen LogP contribution < -0.4 is 11.3 Å². The summed E-state index contributed by atoms with van der Waals surface area (Å²) < 4.78 is 0. The number of hydrogen-bond acceptors (Lipinski definition) is 5. The van der Waals surface area contributed by atoms with Crippen molar-refractivity contribution in [2.75, 3.05) is 0 Å². The van der Waals surface area contributed by atoms with Crippen molar-refractivity contribution in [1.29, 1.82) is 0 Å². The maximum Gasteiger partial charge on any atom is 0.372 e. The standard InChI is InChI=1S/C10H8N2O3S.C4H11N/c13-8-6-4-2-1-3-5(4)16-9(6)12-7(11-8)10(14)15;1-3-4(2)5/h1-3H2,(H,14,15)(H,11,12,13);4H,3,5H2,1-2H3/t;4-/m.1/s1. The Balaban J connectivity index is 0.000000282. The molecule has 2 heterocycles. The molecule has 0 bridgehead atoms. The molecular formula is C14H19N3O3S. The summed E-state index contributed by atoms with van der Waals surface area (Å²) in [4.78, 5) is 30.5. The van der Waals surface area contributed by atoms with E-state index in [-0.39, 0.29) is 11.4 Å². The summed E-state index contributed by atoms with van der Waals surface area (Å²) in [6.45, 7) is 4.07. The zero-order valence-electron chi connectivity index (χ0n) is 12.1. The normalized spacial score (nSPS) is 14.4. The molecule has 0 fully saturated rings. The van der Waals surface area contributed by atoms with E-state index in [1.54, 1.807) is 0 Å². The zero-order chi connectivity index (χ0) is 15.6. The molecule has 0 aliphatic heterocycles. The lowest BCUT2D eigenvalue weighted by Crippen LogP contribution is -2.15. The molecule has 2 aromatic rings. The lowest BCUT2D eigenvalue weighted by atomic mass is 10.2. The Kier molecular flexibility index (Phi) is 4.74. The highest BCUT2D eigenvalue weighted by Gasteiger charge is 2.21. The number of rotatable bonds is 2. The number of H-pyrrole nitrogens is 1. The summed E-state index contributed by atoms with van der Waals surface area (Å²) in [5, 5.41) is 9.37. The molecule has 0 saturated heterocycles. The summed E-state index contributed by atoms with van der Waals surface area (Å²) in [6.07, 6.45) is 4.02. The van der Waals surface area contributed by atoms with Crippen molar-refractivity contribution in [2.24, 2.45) is 5.73 Å². The summed E-state index contributed by atoms with van der Waals surface area (Å²) >= 11 is 1.44. The minimum absolute atomic E-state index is 0.280. The van der Waals surface area contributed by atoms with Crippen LogP contribution in [0.3, 0.4) is 0 Å². The van der Waals surface area contributed by atoms with Gasteiger partial charge in [0, 0.05) is 10.9 Å². The van der Waals surface area contributed by atoms with Crippen LogP contribution in [0, 0.1) is 0 Å². The topological polar surface area (TPSA) is 109 Å². The average molecular weight is 309 g/mol. The predicted octanol–water partition coefficient (Wildman–Crippen LogP) is 1.92. The molecule has 7 heteroatoms. The van der Waals surface area contributed by atoms with Gasteiger partial charge in [0.15, 0.2) is 0 Å². The first-order valence-electron chi connectivity index (χ1n) is 6.97. The maximum absolute atomic E-state index is 11.8. The van der Waals surface area contributed by atoms with Crippen molar-refractivity contribution in [3.63, 3.8) is 0 Å². The monoisotopic (exact) mass is 309 g/mol. The molecule has 114 valence electrons. The third kappa shape index (κ3) is 3.30. The molecule has 21 heavy (non-hydrogen) atoms. The van der Waals surface area contributed by atoms with Crippen LogP contribution in [-0.4, -0.2) is 27.1 Å². The number of carboxylic acids is 1. The predicted molar refractivity (Wildman–Crippen MR) is 83.2 cm³/mol. The molecule has 0 unspecified atom stereocenters. The number of nitrogens with zero attached hydrogens (tertiary/aromatic N) is 1. The quantitative estimate of drug-likeness (QED) is 0.785. The Morgan fingerprint density at radius 1 is 1.52 bits per heavy atom. The zero-order valence-corrected chi connectivity index (χ0v) is 12.9. The Hall–Kier alpha value is -1.73. The molecule has 4 N–H and O–H groups in total. The van der Waals surface area contributed by atoms with Gasteiger partial charge in [-0.2, -0.15) is 0 Å². The van der Waals surface area contributed by atoms with Crippen LogP contribution in [0.5, 0.6) is 0 Å². The highest BCUT2D eigenvalue weighted by atomic mass is 32.1. The van der Waals surface area contributed by atoms with E-state index in [1.807, 2.05) is 6.92 Å². The minimum Gasteiger partial charge on any atom is -0.475 e. The van der Waals surface area contributed by atoms with Gasteiger partial charge in [0.05, 0.1) is 5.39 Å². The van der Waals surface area contributed by atoms with Gasteiger partial charge in [0.25, 0.3) is 5.56 Å². The van der Waals surface area contributed by atoms with Crippen LogP contribution >= 0.6 is 11.3 Å². The van der Waals surface area contributed by atoms with Gasteiger partial charge in [-0.05, 0) is 38.2 Å². The maximum atomic E-state index is 11.8. The van der Waals surface area contributed by atoms with E-state index in [9.17, 15) is 9.59 Å². The Morgan fingerprint density at radius 2 is 2.19 bits per heavy atom. The molecule has 0 aromatic carbocycles. The van der Waals surface area contributed by atoms with Gasteiger partial charge >= 0.3 is 5.97 Å². The number of nitrogens with one attached hydrogen (secondary N) is 1. The van der Waals surface area contributed by atoms with Gasteiger partial charge in [-0.3, -0.25) is 4.79 Å². The Bertz CT molecular complexity index is 718. The molecule has 2 aromatic heterocycles. The number of fused-ring (bicyclic) bond motifs is 3. The summed E-state index contributed by atoms with van der Waals surface area (Å²) in [5.41, 5.74) is 6.02. The highest BCUT2D eigenvalue weighted by molar-refractivity contribution is 7.18. The second kappa shape index (κ2) is 6.36. The van der Waals surface area contributed by atoms with Gasteiger partial charge in [-0.15, -0.1) is 11.3 Å². The first-order valence-corrected chi connectivity index (χ1v) is 7.79. The van der Waals surface area contributed by atoms with Crippen molar-refractivity contribution < 1.29 is 9.90 Å². The fourth-order valence-corrected chi connectivity index (χ4v) is 3.37. The number of hydrogen-bond donors (Lipinski definition) is 3. The van der Waals surface area contributed by atoms with E-state index in [0.717, 1.165) is 31.2 Å². The molecule has 0 amide bonds. The number of thiophene rings is 1. The smallest absolute Gasteiger partial charge is 0.372 e. The van der Waals surface area contributed by atoms with E-state index < -0.39 is 5.97 Å². The first kappa shape index (κ1) is 15.7. The lowest BCUT2D eigenvalue weighted by Gasteiger charge is -1.95. The summed E-state index contributed by atoms with van der Waals surface area (Å²) in [5.74, 6) is -1.48. The number of aromatic carboxylic acids is 1. The number of aryl methyl sites for hydroxylation is 2. The summed E-state index contributed by atoms with van der Waals surface area (Å²) in [7, 11) is 0. The molecular weight excluding hydrogens is 290 g/mol. The minimum atomic E-state index is -1.20. The second-order valence-electron chi connectivity index (χ2n) is 5.14. The first-order chi connectivity index (χ1) is 9.93. The van der Waals surface area contributed by atoms with Crippen LogP contribution in [0.1, 0.15) is 47.7 Å². The van der Waals surface area contributed by atoms with Gasteiger partial charge in [-0.1, -0.05) is 6.92 Å². The van der Waals surface area contributed by atoms with E-state index in [0.29, 0.717) is 16.3 Å². The molecule has 1 atom stereocenters. The van der Waals surface area contributed by atoms with E-state index in [4.69, 9.17) is 10.8 Å². The highest BCUT2D eigenvalue weighted by Crippen LogP contribution is 2.34. The van der Waals surface area contributed by atoms with Gasteiger partial charge in [0.2, 0.25) is 5.82 Å². The van der Waals surface area contributed by atoms with Crippen LogP contribution in [0.15, 0.2) is 4.79 Å². The molecule has 0 radical (unpaired) electrons. The number of nitrogens with two attached hydrogens (primary N) is 1. The summed E-state index contributed by atoms with van der Waals surface area (Å²) in [6, 6.07) is 0.384. The van der Waals surface area contributed by atoms with E-state index in [1.165, 1.54) is 16.2 Å². The fourth-order valence-electron chi connectivity index (χ4n) is 2.10. The molecule has 1 aliphatic rings. The average Bonchev–Trinajstić information content (AvgIpc) is 2.98. The Labute approximate surface area is 126 Å². The van der Waals surface area contributed by atoms with Crippen molar-refractivity contribution in [1.82, 2.24) is 9.97 Å². The molecule has 6 nitrogen and oxygen atoms in total. The number of aromatic nitrogens is 2. The second-order valence-corrected chi connectivity index (χ2v) is 6.23. The molecule has 1 aliphatic carbocycles. The number of carbonyl (C=O) groups is 1. The lowest BCUT2D eigenvalue weighted by molar-refractivity contribution is 0.0683. The number of carboxylic acid groups (broad SMARTS) is 1. The van der Waals surface area contributed by atoms with Gasteiger partial charge < -0.3 is 15.8 Å². The molecule has 0 spiro atoms. The SMILES string of the molecule is CC[C@@H](C)N.O=C(O)c1nc2sc3c(c2c(=O)[nH]1)CCC3. The van der Waals surface area contributed by atoms with Crippen LogP contribution in [-0.2, 0) is 12.8 Å². The third-order valence-corrected chi connectivity index (χ3v) is 4.61. The largest absolute Gasteiger partial charge is 0.475 e. The fraction of sp³-hybridized carbons (Fsp3) is 0.500. The molecule has 0 saturated carbocycles. The van der Waals surface area contributed by atoms with E-state index >= 15 is 0 Å². The third-order valence-electron chi connectivity index (χ3n) is 3.42. The molecule has 3 rings (SSSR count). The number of aromatic amines is 1. The van der Waals surface area contributed by atoms with Crippen LogP contribution in [0.25, 0.3) is 10.2 Å². The van der Waals surface area contributed by atoms with Crippen LogP contribution in [0.2, 0.25) is 0 Å². The van der Waals surface area contributed by atoms with Crippen molar-refractivity contribution in [3.8, 4) is 0 Å². The van der Waals surface area contributed by atoms with Gasteiger partial charge in [0.1, 0.15) is 4.83 Å². The van der Waals surface area contributed by atoms with Gasteiger partial charge in [-0.25, -0.2) is 9.78 Å². The Morgan fingerprint density at radius 3 is 2.76 bits per heavy atom.